The fraction of sp³-hybridized carbons (Fsp3) is 0.462. The van der Waals surface area contributed by atoms with E-state index in [1.807, 2.05) is 32.3 Å². The molecule has 0 aliphatic carbocycles. The van der Waals surface area contributed by atoms with Gasteiger partial charge in [0, 0.05) is 30.8 Å². The van der Waals surface area contributed by atoms with Gasteiger partial charge in [-0.1, -0.05) is 0 Å². The number of thiazole rings is 1. The molecule has 2 heterocycles. The lowest BCUT2D eigenvalue weighted by atomic mass is 10.4. The molecule has 0 aliphatic rings. The number of nitrogens with one attached hydrogen (secondary N) is 2. The third-order valence-electron chi connectivity index (χ3n) is 2.55. The minimum atomic E-state index is 0.414. The van der Waals surface area contributed by atoms with Crippen LogP contribution in [0.5, 0.6) is 0 Å². The summed E-state index contributed by atoms with van der Waals surface area (Å²) in [6, 6.07) is 1.87. The average Bonchev–Trinajstić information content (AvgIpc) is 2.88. The van der Waals surface area contributed by atoms with Crippen LogP contribution in [-0.4, -0.2) is 28.6 Å². The van der Waals surface area contributed by atoms with E-state index in [4.69, 9.17) is 4.74 Å². The highest BCUT2D eigenvalue weighted by Crippen LogP contribution is 2.14. The molecule has 0 saturated heterocycles. The van der Waals surface area contributed by atoms with Crippen molar-refractivity contribution in [3.63, 3.8) is 0 Å². The lowest BCUT2D eigenvalue weighted by Crippen LogP contribution is -2.07. The molecule has 0 unspecified atom stereocenters. The fourth-order valence-electron chi connectivity index (χ4n) is 1.62. The second-order valence-electron chi connectivity index (χ2n) is 4.18. The minimum absolute atomic E-state index is 0.414. The molecule has 0 aromatic carbocycles. The maximum absolute atomic E-state index is 5.35. The molecule has 2 aromatic rings. The maximum atomic E-state index is 5.35. The first-order chi connectivity index (χ1) is 9.71. The molecule has 2 aromatic heterocycles. The molecule has 0 fully saturated rings. The molecule has 0 bridgehead atoms. The van der Waals surface area contributed by atoms with E-state index in [-0.39, 0.29) is 0 Å². The van der Waals surface area contributed by atoms with Crippen molar-refractivity contribution in [2.75, 3.05) is 24.3 Å². The second-order valence-corrected chi connectivity index (χ2v) is 5.12. The highest BCUT2D eigenvalue weighted by molar-refractivity contribution is 7.09. The molecule has 2 rings (SSSR count). The maximum Gasteiger partial charge on any atom is 0.158 e. The van der Waals surface area contributed by atoms with Gasteiger partial charge in [0.05, 0.1) is 6.54 Å². The Hall–Kier alpha value is -1.73. The largest absolute Gasteiger partial charge is 0.374 e. The smallest absolute Gasteiger partial charge is 0.158 e. The Bertz CT molecular complexity index is 557. The lowest BCUT2D eigenvalue weighted by Gasteiger charge is -2.09. The first-order valence-electron chi connectivity index (χ1n) is 6.49. The molecule has 0 saturated carbocycles. The normalized spacial score (nSPS) is 10.6. The van der Waals surface area contributed by atoms with Crippen LogP contribution in [0.3, 0.4) is 0 Å². The van der Waals surface area contributed by atoms with Crippen LogP contribution in [0.4, 0.5) is 11.6 Å². The zero-order valence-corrected chi connectivity index (χ0v) is 12.8. The Morgan fingerprint density at radius 1 is 1.25 bits per heavy atom. The zero-order valence-electron chi connectivity index (χ0n) is 11.9. The molecule has 0 spiro atoms. The highest BCUT2D eigenvalue weighted by atomic mass is 32.1. The second kappa shape index (κ2) is 7.16. The SMILES string of the molecule is CCOCc1nc(NC)cc(NCc2nc(C)cs2)n1. The number of anilines is 2. The van der Waals surface area contributed by atoms with Gasteiger partial charge in [0.2, 0.25) is 0 Å². The van der Waals surface area contributed by atoms with Crippen LogP contribution < -0.4 is 10.6 Å². The molecule has 0 amide bonds. The summed E-state index contributed by atoms with van der Waals surface area (Å²) in [5, 5.41) is 9.37. The number of hydrogen-bond donors (Lipinski definition) is 2. The van der Waals surface area contributed by atoms with Gasteiger partial charge >= 0.3 is 0 Å². The van der Waals surface area contributed by atoms with E-state index in [0.29, 0.717) is 25.6 Å². The number of ether oxygens (including phenoxy) is 1. The van der Waals surface area contributed by atoms with Crippen molar-refractivity contribution >= 4 is 23.0 Å². The van der Waals surface area contributed by atoms with E-state index in [9.17, 15) is 0 Å². The molecule has 0 radical (unpaired) electrons. The van der Waals surface area contributed by atoms with Crippen molar-refractivity contribution in [1.82, 2.24) is 15.0 Å². The molecule has 7 heteroatoms. The quantitative estimate of drug-likeness (QED) is 0.817. The summed E-state index contributed by atoms with van der Waals surface area (Å²) in [6.45, 7) is 5.66. The predicted molar refractivity (Wildman–Crippen MR) is 81.1 cm³/mol. The molecular weight excluding hydrogens is 274 g/mol. The molecule has 0 atom stereocenters. The third kappa shape index (κ3) is 4.14. The van der Waals surface area contributed by atoms with E-state index in [0.717, 1.165) is 22.3 Å². The number of nitrogens with zero attached hydrogens (tertiary/aromatic N) is 3. The van der Waals surface area contributed by atoms with Crippen LogP contribution in [0.1, 0.15) is 23.4 Å². The van der Waals surface area contributed by atoms with Crippen molar-refractivity contribution in [2.45, 2.75) is 27.0 Å². The standard InChI is InChI=1S/C13H19N5OS/c1-4-19-7-12-17-10(14-3)5-11(18-12)15-6-13-16-9(2)8-20-13/h5,8H,4,6-7H2,1-3H3,(H2,14,15,17,18). The predicted octanol–water partition coefficient (Wildman–Crippen LogP) is 2.43. The average molecular weight is 293 g/mol. The monoisotopic (exact) mass is 293 g/mol. The van der Waals surface area contributed by atoms with Gasteiger partial charge in [0.1, 0.15) is 23.3 Å². The van der Waals surface area contributed by atoms with Gasteiger partial charge < -0.3 is 15.4 Å². The molecule has 108 valence electrons. The summed E-state index contributed by atoms with van der Waals surface area (Å²) < 4.78 is 5.35. The summed E-state index contributed by atoms with van der Waals surface area (Å²) in [7, 11) is 1.83. The van der Waals surface area contributed by atoms with E-state index < -0.39 is 0 Å². The van der Waals surface area contributed by atoms with Crippen LogP contribution in [0.2, 0.25) is 0 Å². The Balaban J connectivity index is 2.05. The van der Waals surface area contributed by atoms with Gasteiger partial charge in [0.25, 0.3) is 0 Å². The number of hydrogen-bond acceptors (Lipinski definition) is 7. The van der Waals surface area contributed by atoms with Gasteiger partial charge in [-0.25, -0.2) is 15.0 Å². The van der Waals surface area contributed by atoms with Crippen molar-refractivity contribution in [3.05, 3.63) is 28.0 Å². The molecular formula is C13H19N5OS. The van der Waals surface area contributed by atoms with E-state index in [2.05, 4.69) is 25.6 Å². The number of aromatic nitrogens is 3. The van der Waals surface area contributed by atoms with Crippen LogP contribution in [0, 0.1) is 6.92 Å². The van der Waals surface area contributed by atoms with Crippen molar-refractivity contribution in [2.24, 2.45) is 0 Å². The van der Waals surface area contributed by atoms with Crippen molar-refractivity contribution in [3.8, 4) is 0 Å². The topological polar surface area (TPSA) is 72.0 Å². The van der Waals surface area contributed by atoms with Crippen LogP contribution in [0.15, 0.2) is 11.4 Å². The summed E-state index contributed by atoms with van der Waals surface area (Å²) in [6.07, 6.45) is 0. The van der Waals surface area contributed by atoms with E-state index >= 15 is 0 Å². The summed E-state index contributed by atoms with van der Waals surface area (Å²) >= 11 is 1.64. The van der Waals surface area contributed by atoms with E-state index in [1.54, 1.807) is 11.3 Å². The van der Waals surface area contributed by atoms with Gasteiger partial charge in [-0.05, 0) is 13.8 Å². The van der Waals surface area contributed by atoms with Crippen LogP contribution >= 0.6 is 11.3 Å². The lowest BCUT2D eigenvalue weighted by molar-refractivity contribution is 0.128. The van der Waals surface area contributed by atoms with Gasteiger partial charge in [-0.15, -0.1) is 11.3 Å². The van der Waals surface area contributed by atoms with Gasteiger partial charge in [-0.2, -0.15) is 0 Å². The fourth-order valence-corrected chi connectivity index (χ4v) is 2.34. The molecule has 6 nitrogen and oxygen atoms in total. The molecule has 0 aliphatic heterocycles. The summed E-state index contributed by atoms with van der Waals surface area (Å²) in [5.74, 6) is 2.20. The Labute approximate surface area is 122 Å². The molecule has 20 heavy (non-hydrogen) atoms. The first-order valence-corrected chi connectivity index (χ1v) is 7.37. The Morgan fingerprint density at radius 3 is 2.70 bits per heavy atom. The number of rotatable bonds is 7. The highest BCUT2D eigenvalue weighted by Gasteiger charge is 2.05. The van der Waals surface area contributed by atoms with Crippen LogP contribution in [-0.2, 0) is 17.9 Å². The third-order valence-corrected chi connectivity index (χ3v) is 3.52. The van der Waals surface area contributed by atoms with E-state index in [1.165, 1.54) is 0 Å². The van der Waals surface area contributed by atoms with Crippen molar-refractivity contribution in [1.29, 1.82) is 0 Å². The van der Waals surface area contributed by atoms with Gasteiger partial charge in [-0.3, -0.25) is 0 Å². The summed E-state index contributed by atoms with van der Waals surface area (Å²) in [5.41, 5.74) is 1.04. The minimum Gasteiger partial charge on any atom is -0.374 e. The zero-order chi connectivity index (χ0) is 14.4. The Morgan fingerprint density at radius 2 is 2.05 bits per heavy atom. The summed E-state index contributed by atoms with van der Waals surface area (Å²) in [4.78, 5) is 13.2. The number of aryl methyl sites for hydroxylation is 1. The Kier molecular flexibility index (Phi) is 5.25. The van der Waals surface area contributed by atoms with Crippen LogP contribution in [0.25, 0.3) is 0 Å². The molecule has 2 N–H and O–H groups in total. The van der Waals surface area contributed by atoms with Gasteiger partial charge in [0.15, 0.2) is 5.82 Å². The first kappa shape index (κ1) is 14.7. The van der Waals surface area contributed by atoms with Crippen molar-refractivity contribution < 1.29 is 4.74 Å².